The second kappa shape index (κ2) is 6.50. The molecule has 1 heterocycles. The van der Waals surface area contributed by atoms with E-state index in [0.29, 0.717) is 19.0 Å². The molecule has 5 nitrogen and oxygen atoms in total. The molecule has 1 aliphatic carbocycles. The molecule has 1 aliphatic rings. The number of rotatable bonds is 5. The van der Waals surface area contributed by atoms with Crippen LogP contribution in [-0.4, -0.2) is 28.5 Å². The Bertz CT molecular complexity index is 441. The van der Waals surface area contributed by atoms with Gasteiger partial charge in [-0.25, -0.2) is 4.98 Å². The highest BCUT2D eigenvalue weighted by Crippen LogP contribution is 2.17. The maximum absolute atomic E-state index is 11.8. The number of nitrogens with zero attached hydrogens (tertiary/aromatic N) is 2. The van der Waals surface area contributed by atoms with E-state index in [1.54, 1.807) is 6.20 Å². The van der Waals surface area contributed by atoms with E-state index in [1.165, 1.54) is 12.8 Å². The Hall–Kier alpha value is -1.65. The summed E-state index contributed by atoms with van der Waals surface area (Å²) in [5.41, 5.74) is 1.74. The first kappa shape index (κ1) is 13.8. The molecule has 0 bridgehead atoms. The molecule has 0 saturated heterocycles. The highest BCUT2D eigenvalue weighted by Gasteiger charge is 2.16. The first-order chi connectivity index (χ1) is 9.15. The van der Waals surface area contributed by atoms with Crippen LogP contribution < -0.4 is 10.6 Å². The summed E-state index contributed by atoms with van der Waals surface area (Å²) in [6.07, 6.45) is 6.95. The Morgan fingerprint density at radius 3 is 2.84 bits per heavy atom. The van der Waals surface area contributed by atoms with Crippen molar-refractivity contribution >= 4 is 11.7 Å². The van der Waals surface area contributed by atoms with Crippen LogP contribution in [0.5, 0.6) is 0 Å². The Morgan fingerprint density at radius 1 is 1.37 bits per heavy atom. The minimum Gasteiger partial charge on any atom is -0.368 e. The van der Waals surface area contributed by atoms with Crippen molar-refractivity contribution in [2.45, 2.75) is 52.0 Å². The van der Waals surface area contributed by atoms with E-state index in [4.69, 9.17) is 0 Å². The Kier molecular flexibility index (Phi) is 4.71. The molecule has 0 aromatic carbocycles. The van der Waals surface area contributed by atoms with Crippen LogP contribution in [0.15, 0.2) is 6.20 Å². The van der Waals surface area contributed by atoms with Gasteiger partial charge in [0.1, 0.15) is 5.82 Å². The van der Waals surface area contributed by atoms with Crippen molar-refractivity contribution in [2.24, 2.45) is 0 Å². The summed E-state index contributed by atoms with van der Waals surface area (Å²) in [5, 5.41) is 6.25. The molecule has 1 aromatic rings. The van der Waals surface area contributed by atoms with Crippen LogP contribution >= 0.6 is 0 Å². The standard InChI is InChI=1S/C14H22N4O/c1-10-9-16-11(2)14(17-10)15-8-7-13(19)18-12-5-3-4-6-12/h9,12H,3-8H2,1-2H3,(H,15,17)(H,18,19). The van der Waals surface area contributed by atoms with Crippen molar-refractivity contribution < 1.29 is 4.79 Å². The van der Waals surface area contributed by atoms with Crippen molar-refractivity contribution in [1.82, 2.24) is 15.3 Å². The van der Waals surface area contributed by atoms with Crippen molar-refractivity contribution in [3.8, 4) is 0 Å². The molecule has 0 spiro atoms. The zero-order valence-corrected chi connectivity index (χ0v) is 11.7. The van der Waals surface area contributed by atoms with Crippen LogP contribution in [0.4, 0.5) is 5.82 Å². The minimum atomic E-state index is 0.123. The summed E-state index contributed by atoms with van der Waals surface area (Å²) in [6.45, 7) is 4.41. The molecule has 1 amide bonds. The Morgan fingerprint density at radius 2 is 2.11 bits per heavy atom. The van der Waals surface area contributed by atoms with Crippen molar-refractivity contribution in [1.29, 1.82) is 0 Å². The highest BCUT2D eigenvalue weighted by molar-refractivity contribution is 5.76. The second-order valence-corrected chi connectivity index (χ2v) is 5.17. The van der Waals surface area contributed by atoms with Crippen LogP contribution in [0, 0.1) is 13.8 Å². The molecule has 2 N–H and O–H groups in total. The maximum Gasteiger partial charge on any atom is 0.221 e. The van der Waals surface area contributed by atoms with E-state index >= 15 is 0 Å². The summed E-state index contributed by atoms with van der Waals surface area (Å²) in [4.78, 5) is 20.4. The van der Waals surface area contributed by atoms with Gasteiger partial charge in [-0.1, -0.05) is 12.8 Å². The molecule has 0 atom stereocenters. The van der Waals surface area contributed by atoms with E-state index in [2.05, 4.69) is 20.6 Å². The first-order valence-corrected chi connectivity index (χ1v) is 6.98. The monoisotopic (exact) mass is 262 g/mol. The largest absolute Gasteiger partial charge is 0.368 e. The molecular weight excluding hydrogens is 240 g/mol. The van der Waals surface area contributed by atoms with Gasteiger partial charge in [0.15, 0.2) is 0 Å². The van der Waals surface area contributed by atoms with E-state index in [1.807, 2.05) is 13.8 Å². The summed E-state index contributed by atoms with van der Waals surface area (Å²) in [6, 6.07) is 0.396. The zero-order chi connectivity index (χ0) is 13.7. The molecule has 1 aromatic heterocycles. The fraction of sp³-hybridized carbons (Fsp3) is 0.643. The summed E-state index contributed by atoms with van der Waals surface area (Å²) >= 11 is 0. The van der Waals surface area contributed by atoms with Gasteiger partial charge in [0.2, 0.25) is 5.91 Å². The molecule has 1 saturated carbocycles. The van der Waals surface area contributed by atoms with Crippen molar-refractivity contribution in [3.05, 3.63) is 17.6 Å². The van der Waals surface area contributed by atoms with E-state index in [-0.39, 0.29) is 5.91 Å². The number of hydrogen-bond acceptors (Lipinski definition) is 4. The van der Waals surface area contributed by atoms with E-state index in [0.717, 1.165) is 30.0 Å². The van der Waals surface area contributed by atoms with Gasteiger partial charge in [-0.2, -0.15) is 0 Å². The van der Waals surface area contributed by atoms with Gasteiger partial charge in [-0.15, -0.1) is 0 Å². The van der Waals surface area contributed by atoms with Crippen LogP contribution in [0.3, 0.4) is 0 Å². The Balaban J connectivity index is 1.73. The third kappa shape index (κ3) is 4.19. The fourth-order valence-corrected chi connectivity index (χ4v) is 2.37. The lowest BCUT2D eigenvalue weighted by Gasteiger charge is -2.12. The number of amides is 1. The van der Waals surface area contributed by atoms with Gasteiger partial charge in [0.05, 0.1) is 11.4 Å². The molecule has 19 heavy (non-hydrogen) atoms. The molecule has 2 rings (SSSR count). The second-order valence-electron chi connectivity index (χ2n) is 5.17. The number of nitrogens with one attached hydrogen (secondary N) is 2. The summed E-state index contributed by atoms with van der Waals surface area (Å²) in [7, 11) is 0. The normalized spacial score (nSPS) is 15.5. The van der Waals surface area contributed by atoms with Crippen LogP contribution in [-0.2, 0) is 4.79 Å². The lowest BCUT2D eigenvalue weighted by atomic mass is 10.2. The molecule has 104 valence electrons. The predicted octanol–water partition coefficient (Wildman–Crippen LogP) is 1.95. The van der Waals surface area contributed by atoms with Gasteiger partial charge in [0, 0.05) is 25.2 Å². The molecule has 0 radical (unpaired) electrons. The number of carbonyl (C=O) groups excluding carboxylic acids is 1. The number of aromatic nitrogens is 2. The van der Waals surface area contributed by atoms with Crippen LogP contribution in [0.25, 0.3) is 0 Å². The number of aryl methyl sites for hydroxylation is 2. The number of carbonyl (C=O) groups is 1. The van der Waals surface area contributed by atoms with Crippen molar-refractivity contribution in [2.75, 3.05) is 11.9 Å². The summed E-state index contributed by atoms with van der Waals surface area (Å²) < 4.78 is 0. The predicted molar refractivity (Wildman–Crippen MR) is 75.0 cm³/mol. The molecule has 0 unspecified atom stereocenters. The smallest absolute Gasteiger partial charge is 0.221 e. The van der Waals surface area contributed by atoms with Gasteiger partial charge in [-0.05, 0) is 26.7 Å². The van der Waals surface area contributed by atoms with Gasteiger partial charge in [0.25, 0.3) is 0 Å². The van der Waals surface area contributed by atoms with Crippen LogP contribution in [0.2, 0.25) is 0 Å². The minimum absolute atomic E-state index is 0.123. The first-order valence-electron chi connectivity index (χ1n) is 6.98. The third-order valence-corrected chi connectivity index (χ3v) is 3.44. The molecule has 0 aliphatic heterocycles. The lowest BCUT2D eigenvalue weighted by molar-refractivity contribution is -0.121. The third-order valence-electron chi connectivity index (χ3n) is 3.44. The van der Waals surface area contributed by atoms with E-state index in [9.17, 15) is 4.79 Å². The van der Waals surface area contributed by atoms with E-state index < -0.39 is 0 Å². The number of hydrogen-bond donors (Lipinski definition) is 2. The fourth-order valence-electron chi connectivity index (χ4n) is 2.37. The average Bonchev–Trinajstić information content (AvgIpc) is 2.86. The quantitative estimate of drug-likeness (QED) is 0.851. The number of anilines is 1. The summed E-state index contributed by atoms with van der Waals surface area (Å²) in [5.74, 6) is 0.895. The van der Waals surface area contributed by atoms with Crippen molar-refractivity contribution in [3.63, 3.8) is 0 Å². The molecule has 1 fully saturated rings. The van der Waals surface area contributed by atoms with Gasteiger partial charge >= 0.3 is 0 Å². The molecular formula is C14H22N4O. The Labute approximate surface area is 114 Å². The molecule has 5 heteroatoms. The maximum atomic E-state index is 11.8. The van der Waals surface area contributed by atoms with Gasteiger partial charge < -0.3 is 10.6 Å². The SMILES string of the molecule is Cc1cnc(C)c(NCCC(=O)NC2CCCC2)n1. The lowest BCUT2D eigenvalue weighted by Crippen LogP contribution is -2.33. The topological polar surface area (TPSA) is 66.9 Å². The zero-order valence-electron chi connectivity index (χ0n) is 11.7. The van der Waals surface area contributed by atoms with Gasteiger partial charge in [-0.3, -0.25) is 9.78 Å². The average molecular weight is 262 g/mol. The van der Waals surface area contributed by atoms with Crippen LogP contribution in [0.1, 0.15) is 43.5 Å². The highest BCUT2D eigenvalue weighted by atomic mass is 16.1.